The number of aromatic nitrogens is 2. The average molecular weight is 564 g/mol. The molecule has 0 unspecified atom stereocenters. The summed E-state index contributed by atoms with van der Waals surface area (Å²) in [4.78, 5) is 38.4. The number of anilines is 1. The van der Waals surface area contributed by atoms with Gasteiger partial charge in [-0.1, -0.05) is 35.9 Å². The lowest BCUT2D eigenvalue weighted by atomic mass is 9.97. The highest BCUT2D eigenvalue weighted by Gasteiger charge is 2.39. The third kappa shape index (κ3) is 7.35. The number of rotatable bonds is 12. The van der Waals surface area contributed by atoms with Gasteiger partial charge in [-0.3, -0.25) is 33.3 Å². The maximum Gasteiger partial charge on any atom is 0.432 e. The zero-order valence-corrected chi connectivity index (χ0v) is 22.9. The summed E-state index contributed by atoms with van der Waals surface area (Å²) in [5.74, 6) is 2.63. The Balaban J connectivity index is 1.71. The summed E-state index contributed by atoms with van der Waals surface area (Å²) in [5, 5.41) is 11.9. The summed E-state index contributed by atoms with van der Waals surface area (Å²) in [6, 6.07) is 8.60. The number of hydrogen-bond acceptors (Lipinski definition) is 9. The van der Waals surface area contributed by atoms with Gasteiger partial charge in [-0.25, -0.2) is 9.36 Å². The lowest BCUT2D eigenvalue weighted by molar-refractivity contribution is -0.119. The Bertz CT molecular complexity index is 1380. The maximum absolute atomic E-state index is 13.7. The van der Waals surface area contributed by atoms with Gasteiger partial charge in [0.15, 0.2) is 16.9 Å². The second-order valence-electron chi connectivity index (χ2n) is 9.14. The van der Waals surface area contributed by atoms with E-state index in [9.17, 15) is 24.1 Å². The van der Waals surface area contributed by atoms with E-state index in [2.05, 4.69) is 16.0 Å². The van der Waals surface area contributed by atoms with Crippen molar-refractivity contribution < 1.29 is 28.3 Å². The molecule has 204 valence electrons. The monoisotopic (exact) mass is 563 g/mol. The summed E-state index contributed by atoms with van der Waals surface area (Å²) in [5.41, 5.74) is -2.82. The Morgan fingerprint density at radius 3 is 2.71 bits per heavy atom. The number of nitrogens with zero attached hydrogens (tertiary/aromatic N) is 1. The van der Waals surface area contributed by atoms with E-state index in [1.165, 1.54) is 22.9 Å². The van der Waals surface area contributed by atoms with Crippen molar-refractivity contribution >= 4 is 30.3 Å². The van der Waals surface area contributed by atoms with Crippen LogP contribution in [0.3, 0.4) is 0 Å². The lowest BCUT2D eigenvalue weighted by Crippen LogP contribution is -2.37. The number of ether oxygens (including phenoxy) is 1. The molecule has 0 bridgehead atoms. The topological polar surface area (TPSA) is 149 Å². The first-order valence-corrected chi connectivity index (χ1v) is 14.1. The van der Waals surface area contributed by atoms with E-state index in [0.717, 1.165) is 11.8 Å². The van der Waals surface area contributed by atoms with E-state index < -0.39 is 42.8 Å². The highest BCUT2D eigenvalue weighted by atomic mass is 32.2. The van der Waals surface area contributed by atoms with Gasteiger partial charge in [0, 0.05) is 23.2 Å². The minimum Gasteiger partial charge on any atom is -0.395 e. The number of carbonyl (C=O) groups excluding carboxylic acids is 1. The number of aryl methyl sites for hydroxylation is 1. The Hall–Kier alpha value is -2.91. The minimum absolute atomic E-state index is 0.108. The molecular weight excluding hydrogens is 533 g/mol. The van der Waals surface area contributed by atoms with Crippen LogP contribution in [0.1, 0.15) is 25.6 Å². The number of aromatic amines is 1. The molecule has 0 saturated carbocycles. The van der Waals surface area contributed by atoms with Gasteiger partial charge in [0.1, 0.15) is 6.61 Å². The molecule has 0 amide bonds. The van der Waals surface area contributed by atoms with Gasteiger partial charge in [-0.05, 0) is 45.1 Å². The largest absolute Gasteiger partial charge is 0.432 e. The van der Waals surface area contributed by atoms with Crippen molar-refractivity contribution in [1.82, 2.24) is 9.55 Å². The number of benzene rings is 1. The van der Waals surface area contributed by atoms with Crippen molar-refractivity contribution in [2.45, 2.75) is 32.6 Å². The number of thioether (sulfide) groups is 1. The van der Waals surface area contributed by atoms with Crippen molar-refractivity contribution in [3.05, 3.63) is 75.1 Å². The SMILES string of the molecule is C#C[C@@]1(CO[P@](=O)(Nc2ccccc2)OCCSC(=O)C(C)(C)CO)C=C[C@H](n2cc(C)c(=O)[nH]c2=O)O1. The van der Waals surface area contributed by atoms with Crippen molar-refractivity contribution in [3.63, 3.8) is 0 Å². The number of aliphatic hydroxyl groups excluding tert-OH is 1. The van der Waals surface area contributed by atoms with Gasteiger partial charge in [-0.2, -0.15) is 0 Å². The van der Waals surface area contributed by atoms with Crippen molar-refractivity contribution in [3.8, 4) is 12.3 Å². The molecule has 11 nitrogen and oxygen atoms in total. The average Bonchev–Trinajstić information content (AvgIpc) is 3.33. The van der Waals surface area contributed by atoms with Crippen LogP contribution in [0, 0.1) is 24.7 Å². The van der Waals surface area contributed by atoms with Crippen molar-refractivity contribution in [2.24, 2.45) is 5.41 Å². The third-order valence-electron chi connectivity index (χ3n) is 5.54. The van der Waals surface area contributed by atoms with Crippen molar-refractivity contribution in [2.75, 3.05) is 30.7 Å². The van der Waals surface area contributed by atoms with Crippen LogP contribution < -0.4 is 16.3 Å². The second-order valence-corrected chi connectivity index (χ2v) is 11.9. The molecule has 2 aromatic rings. The third-order valence-corrected chi connectivity index (χ3v) is 8.25. The molecule has 13 heteroatoms. The highest BCUT2D eigenvalue weighted by Crippen LogP contribution is 2.49. The molecule has 3 N–H and O–H groups in total. The number of hydrogen-bond donors (Lipinski definition) is 3. The van der Waals surface area contributed by atoms with Crippen LogP contribution in [-0.2, 0) is 23.1 Å². The maximum atomic E-state index is 13.7. The van der Waals surface area contributed by atoms with Crippen LogP contribution in [0.25, 0.3) is 0 Å². The summed E-state index contributed by atoms with van der Waals surface area (Å²) in [7, 11) is -4.02. The summed E-state index contributed by atoms with van der Waals surface area (Å²) in [6.07, 6.45) is 9.18. The summed E-state index contributed by atoms with van der Waals surface area (Å²) < 4.78 is 32.0. The molecule has 0 fully saturated rings. The number of nitrogens with one attached hydrogen (secondary N) is 2. The molecule has 1 aromatic heterocycles. The fourth-order valence-electron chi connectivity index (χ4n) is 3.17. The Kier molecular flexibility index (Phi) is 9.59. The number of aliphatic hydroxyl groups is 1. The normalized spacial score (nSPS) is 20.6. The van der Waals surface area contributed by atoms with Crippen LogP contribution in [0.2, 0.25) is 0 Å². The fourth-order valence-corrected chi connectivity index (χ4v) is 5.46. The zero-order valence-electron chi connectivity index (χ0n) is 21.2. The van der Waals surface area contributed by atoms with E-state index in [-0.39, 0.29) is 24.1 Å². The molecule has 0 saturated heterocycles. The standard InChI is InChI=1S/C25H30N3O8PS/c1-5-25(12-11-20(36-25)28-15-18(2)21(30)26-23(28)32)17-35-37(33,27-19-9-7-6-8-10-19)34-13-14-38-22(31)24(3,4)16-29/h1,6-12,15,20,29H,13-14,16-17H2,2-4H3,(H,27,33)(H,26,30,32)/t20-,25+,37+/m1/s1. The summed E-state index contributed by atoms with van der Waals surface area (Å²) in [6.45, 7) is 3.99. The molecule has 0 spiro atoms. The van der Waals surface area contributed by atoms with Crippen LogP contribution in [0.5, 0.6) is 0 Å². The van der Waals surface area contributed by atoms with E-state index in [0.29, 0.717) is 11.3 Å². The van der Waals surface area contributed by atoms with Crippen LogP contribution in [0.4, 0.5) is 5.69 Å². The van der Waals surface area contributed by atoms with E-state index in [1.807, 2.05) is 0 Å². The summed E-state index contributed by atoms with van der Waals surface area (Å²) >= 11 is 0.949. The molecule has 3 rings (SSSR count). The molecule has 0 aliphatic carbocycles. The van der Waals surface area contributed by atoms with E-state index in [4.69, 9.17) is 20.2 Å². The Labute approximate surface area is 224 Å². The predicted molar refractivity (Wildman–Crippen MR) is 145 cm³/mol. The van der Waals surface area contributed by atoms with Gasteiger partial charge in [0.25, 0.3) is 5.56 Å². The quantitative estimate of drug-likeness (QED) is 0.152. The van der Waals surface area contributed by atoms with Crippen molar-refractivity contribution in [1.29, 1.82) is 0 Å². The van der Waals surface area contributed by atoms with Gasteiger partial charge < -0.3 is 9.84 Å². The van der Waals surface area contributed by atoms with E-state index >= 15 is 0 Å². The van der Waals surface area contributed by atoms with Crippen LogP contribution in [0.15, 0.2) is 58.3 Å². The minimum atomic E-state index is -4.02. The van der Waals surface area contributed by atoms with Gasteiger partial charge in [-0.15, -0.1) is 6.42 Å². The molecule has 2 heterocycles. The fraction of sp³-hybridized carbons (Fsp3) is 0.400. The van der Waals surface area contributed by atoms with E-state index in [1.54, 1.807) is 51.1 Å². The molecular formula is C25H30N3O8PS. The molecule has 3 atom stereocenters. The van der Waals surface area contributed by atoms with Gasteiger partial charge in [0.2, 0.25) is 0 Å². The molecule has 0 radical (unpaired) electrons. The Morgan fingerprint density at radius 2 is 2.05 bits per heavy atom. The van der Waals surface area contributed by atoms with Crippen LogP contribution >= 0.6 is 19.5 Å². The smallest absolute Gasteiger partial charge is 0.395 e. The lowest BCUT2D eigenvalue weighted by Gasteiger charge is -2.27. The zero-order chi connectivity index (χ0) is 28.0. The van der Waals surface area contributed by atoms with Gasteiger partial charge in [0.05, 0.1) is 18.6 Å². The number of H-pyrrole nitrogens is 1. The first kappa shape index (κ1) is 29.6. The molecule has 1 aromatic carbocycles. The number of carbonyl (C=O) groups is 1. The Morgan fingerprint density at radius 1 is 1.34 bits per heavy atom. The molecule has 1 aliphatic rings. The second kappa shape index (κ2) is 12.3. The first-order chi connectivity index (χ1) is 17.9. The first-order valence-electron chi connectivity index (χ1n) is 11.6. The number of terminal acetylenes is 1. The molecule has 1 aliphatic heterocycles. The predicted octanol–water partition coefficient (Wildman–Crippen LogP) is 2.83. The molecule has 38 heavy (non-hydrogen) atoms. The van der Waals surface area contributed by atoms with Gasteiger partial charge >= 0.3 is 13.4 Å². The number of para-hydroxylation sites is 1. The highest BCUT2D eigenvalue weighted by molar-refractivity contribution is 8.13. The van der Waals surface area contributed by atoms with Crippen LogP contribution in [-0.4, -0.2) is 50.9 Å².